The van der Waals surface area contributed by atoms with Crippen LogP contribution in [0.5, 0.6) is 0 Å². The van der Waals surface area contributed by atoms with E-state index in [2.05, 4.69) is 74.6 Å². The molecule has 0 rings (SSSR count). The van der Waals surface area contributed by atoms with Gasteiger partial charge in [-0.05, 0) is 57.8 Å². The summed E-state index contributed by atoms with van der Waals surface area (Å²) < 4.78 is 17.4. The summed E-state index contributed by atoms with van der Waals surface area (Å²) in [7, 11) is 5.53. The molecule has 0 aromatic carbocycles. The van der Waals surface area contributed by atoms with Crippen LogP contribution in [0.2, 0.25) is 0 Å². The van der Waals surface area contributed by atoms with Crippen molar-refractivity contribution in [1.29, 1.82) is 0 Å². The summed E-state index contributed by atoms with van der Waals surface area (Å²) in [6, 6.07) is -0.618. The Hall–Kier alpha value is -2.97. The predicted octanol–water partition coefficient (Wildman–Crippen LogP) is 14.9. The van der Waals surface area contributed by atoms with Gasteiger partial charge in [0.25, 0.3) is 0 Å². The van der Waals surface area contributed by atoms with Gasteiger partial charge < -0.3 is 23.8 Å². The highest BCUT2D eigenvalue weighted by molar-refractivity contribution is 5.72. The van der Waals surface area contributed by atoms with Crippen LogP contribution in [0.1, 0.15) is 219 Å². The Kier molecular flexibility index (Phi) is 43.4. The van der Waals surface area contributed by atoms with Crippen molar-refractivity contribution in [2.75, 3.05) is 41.0 Å². The molecule has 0 saturated carbocycles. The number of hydrogen-bond donors (Lipinski definition) is 1. The largest absolute Gasteiger partial charge is 0.477 e. The minimum absolute atomic E-state index is 0.0548. The molecule has 0 bridgehead atoms. The van der Waals surface area contributed by atoms with E-state index in [1.807, 2.05) is 21.1 Å². The number of likely N-dealkylation sites (N-methyl/N-ethyl adjacent to an activating group) is 1. The van der Waals surface area contributed by atoms with Crippen LogP contribution in [-0.4, -0.2) is 80.6 Å². The van der Waals surface area contributed by atoms with Crippen LogP contribution in [0.3, 0.4) is 0 Å². The number of carboxylic acids is 1. The van der Waals surface area contributed by atoms with Crippen LogP contribution in [0.15, 0.2) is 60.8 Å². The zero-order chi connectivity index (χ0) is 46.3. The van der Waals surface area contributed by atoms with Gasteiger partial charge in [-0.2, -0.15) is 0 Å². The number of carbonyl (C=O) groups is 3. The van der Waals surface area contributed by atoms with Gasteiger partial charge in [0.2, 0.25) is 0 Å². The number of esters is 2. The first-order valence-corrected chi connectivity index (χ1v) is 25.8. The Morgan fingerprint density at radius 2 is 0.889 bits per heavy atom. The maximum absolute atomic E-state index is 12.8. The molecule has 63 heavy (non-hydrogen) atoms. The molecule has 2 atom stereocenters. The van der Waals surface area contributed by atoms with Crippen LogP contribution in [0.4, 0.5) is 0 Å². The highest BCUT2D eigenvalue weighted by Crippen LogP contribution is 2.16. The van der Waals surface area contributed by atoms with Crippen LogP contribution < -0.4 is 0 Å². The van der Waals surface area contributed by atoms with Gasteiger partial charge in [0.15, 0.2) is 12.1 Å². The Labute approximate surface area is 388 Å². The molecule has 364 valence electrons. The number of nitrogens with zero attached hydrogens (tertiary/aromatic N) is 1. The van der Waals surface area contributed by atoms with Crippen molar-refractivity contribution >= 4 is 17.9 Å². The number of carbonyl (C=O) groups excluding carboxylic acids is 2. The molecule has 2 unspecified atom stereocenters. The maximum atomic E-state index is 12.8. The third-order valence-corrected chi connectivity index (χ3v) is 11.4. The first-order valence-electron chi connectivity index (χ1n) is 25.8. The average Bonchev–Trinajstić information content (AvgIpc) is 3.24. The Morgan fingerprint density at radius 1 is 0.492 bits per heavy atom. The van der Waals surface area contributed by atoms with Crippen molar-refractivity contribution in [3.8, 4) is 0 Å². The number of allylic oxidation sites excluding steroid dienone is 10. The smallest absolute Gasteiger partial charge is 0.362 e. The molecule has 0 heterocycles. The van der Waals surface area contributed by atoms with Crippen LogP contribution >= 0.6 is 0 Å². The first-order chi connectivity index (χ1) is 30.6. The topological polar surface area (TPSA) is 99.1 Å². The van der Waals surface area contributed by atoms with Crippen molar-refractivity contribution in [2.45, 2.75) is 231 Å². The Morgan fingerprint density at radius 3 is 1.32 bits per heavy atom. The second-order valence-corrected chi connectivity index (χ2v) is 18.4. The highest BCUT2D eigenvalue weighted by atomic mass is 16.6. The lowest BCUT2D eigenvalue weighted by molar-refractivity contribution is -0.887. The fraction of sp³-hybridized carbons (Fsp3) is 0.764. The number of ether oxygens (including phenoxy) is 3. The quantitative estimate of drug-likeness (QED) is 0.0281. The van der Waals surface area contributed by atoms with E-state index in [-0.39, 0.29) is 36.2 Å². The molecule has 0 spiro atoms. The summed E-state index contributed by atoms with van der Waals surface area (Å²) in [5.74, 6) is -1.47. The summed E-state index contributed by atoms with van der Waals surface area (Å²) in [5.41, 5.74) is 0. The molecule has 0 fully saturated rings. The normalized spacial score (nSPS) is 13.3. The second kappa shape index (κ2) is 45.6. The van der Waals surface area contributed by atoms with Crippen molar-refractivity contribution in [2.24, 2.45) is 0 Å². The second-order valence-electron chi connectivity index (χ2n) is 18.4. The summed E-state index contributed by atoms with van der Waals surface area (Å²) >= 11 is 0. The van der Waals surface area contributed by atoms with Crippen molar-refractivity contribution in [3.63, 3.8) is 0 Å². The molecule has 0 aliphatic heterocycles. The maximum Gasteiger partial charge on any atom is 0.362 e. The van der Waals surface area contributed by atoms with E-state index in [9.17, 15) is 19.5 Å². The van der Waals surface area contributed by atoms with Crippen LogP contribution in [-0.2, 0) is 28.6 Å². The Balaban J connectivity index is 4.26. The molecule has 0 radical (unpaired) electrons. The number of rotatable bonds is 46. The predicted molar refractivity (Wildman–Crippen MR) is 266 cm³/mol. The molecule has 1 N–H and O–H groups in total. The molecular weight excluding hydrogens is 787 g/mol. The molecule has 0 amide bonds. The van der Waals surface area contributed by atoms with E-state index in [1.54, 1.807) is 0 Å². The monoisotopic (exact) mass is 885 g/mol. The lowest BCUT2D eigenvalue weighted by Crippen LogP contribution is -2.50. The molecule has 8 nitrogen and oxygen atoms in total. The van der Waals surface area contributed by atoms with Gasteiger partial charge in [0.1, 0.15) is 6.61 Å². The zero-order valence-corrected chi connectivity index (χ0v) is 41.5. The van der Waals surface area contributed by atoms with Crippen molar-refractivity contribution < 1.29 is 38.2 Å². The summed E-state index contributed by atoms with van der Waals surface area (Å²) in [6.45, 7) is 4.63. The first kappa shape index (κ1) is 60.0. The van der Waals surface area contributed by atoms with E-state index >= 15 is 0 Å². The highest BCUT2D eigenvalue weighted by Gasteiger charge is 2.31. The number of unbranched alkanes of at least 4 members (excludes halogenated alkanes) is 22. The van der Waals surface area contributed by atoms with Crippen molar-refractivity contribution in [1.82, 2.24) is 0 Å². The number of hydrogen-bond acceptors (Lipinski definition) is 6. The lowest BCUT2D eigenvalue weighted by Gasteiger charge is -2.31. The van der Waals surface area contributed by atoms with E-state index < -0.39 is 18.1 Å². The Bertz CT molecular complexity index is 1210. The van der Waals surface area contributed by atoms with Gasteiger partial charge in [0.05, 0.1) is 34.4 Å². The SMILES string of the molecule is CC/C=C/C/C=C/C/C=C/C/C=C/C/C=C/CCCCCCCCCC(=O)OC(COCCC(C(=O)O)[N+](C)(C)C)COC(=O)CCCCCCCCCCCCCCCCCC. The van der Waals surface area contributed by atoms with E-state index in [4.69, 9.17) is 14.2 Å². The van der Waals surface area contributed by atoms with Gasteiger partial charge in [-0.3, -0.25) is 9.59 Å². The zero-order valence-electron chi connectivity index (χ0n) is 41.5. The molecule has 0 aliphatic carbocycles. The summed E-state index contributed by atoms with van der Waals surface area (Å²) in [4.78, 5) is 37.2. The van der Waals surface area contributed by atoms with Gasteiger partial charge in [-0.1, -0.05) is 203 Å². The number of carboxylic acid groups (broad SMARTS) is 1. The minimum Gasteiger partial charge on any atom is -0.477 e. The molecule has 8 heteroatoms. The number of aliphatic carboxylic acids is 1. The molecule has 0 saturated heterocycles. The number of quaternary nitrogens is 1. The lowest BCUT2D eigenvalue weighted by atomic mass is 10.0. The standard InChI is InChI=1S/C55H97NO7/c1-6-8-10-12-14-16-18-20-22-24-25-26-27-28-29-30-32-34-36-38-40-42-44-46-54(58)63-51(49-61-48-47-52(55(59)60)56(3,4)5)50-62-53(57)45-43-41-39-37-35-33-31-23-21-19-17-15-13-11-9-7-2/h8,10,14,16,20,22,25-26,28-29,51-52H,6-7,9,11-13,15,17-19,21,23-24,27,30-50H2,1-5H3/p+1/b10-8+,16-14+,22-20+,26-25+,29-28+. The van der Waals surface area contributed by atoms with Gasteiger partial charge in [-0.25, -0.2) is 4.79 Å². The summed E-state index contributed by atoms with van der Waals surface area (Å²) in [6.07, 6.45) is 56.9. The van der Waals surface area contributed by atoms with Gasteiger partial charge in [0, 0.05) is 19.3 Å². The van der Waals surface area contributed by atoms with Crippen LogP contribution in [0.25, 0.3) is 0 Å². The van der Waals surface area contributed by atoms with Gasteiger partial charge >= 0.3 is 17.9 Å². The van der Waals surface area contributed by atoms with E-state index in [1.165, 1.54) is 103 Å². The van der Waals surface area contributed by atoms with Gasteiger partial charge in [-0.15, -0.1) is 0 Å². The van der Waals surface area contributed by atoms with E-state index in [0.29, 0.717) is 19.3 Å². The molecule has 0 aromatic rings. The molecule has 0 aromatic heterocycles. The fourth-order valence-electron chi connectivity index (χ4n) is 7.47. The fourth-order valence-corrected chi connectivity index (χ4v) is 7.47. The molecular formula is C55H98NO7+. The van der Waals surface area contributed by atoms with Crippen molar-refractivity contribution in [3.05, 3.63) is 60.8 Å². The molecule has 0 aliphatic rings. The van der Waals surface area contributed by atoms with Crippen LogP contribution in [0, 0.1) is 0 Å². The average molecular weight is 885 g/mol. The minimum atomic E-state index is -0.876. The third kappa shape index (κ3) is 44.0. The summed E-state index contributed by atoms with van der Waals surface area (Å²) in [5, 5.41) is 9.65. The van der Waals surface area contributed by atoms with E-state index in [0.717, 1.165) is 83.5 Å². The third-order valence-electron chi connectivity index (χ3n) is 11.4.